The highest BCUT2D eigenvalue weighted by Gasteiger charge is 1.77. The van der Waals surface area contributed by atoms with Crippen molar-refractivity contribution in [2.24, 2.45) is 0 Å². The molecule has 0 fully saturated rings. The first-order valence-corrected chi connectivity index (χ1v) is 4.62. The zero-order valence-corrected chi connectivity index (χ0v) is 7.45. The van der Waals surface area contributed by atoms with Gasteiger partial charge in [-0.05, 0) is 25.7 Å². The summed E-state index contributed by atoms with van der Waals surface area (Å²) in [5.74, 6) is 0. The summed E-state index contributed by atoms with van der Waals surface area (Å²) < 4.78 is 0. The van der Waals surface area contributed by atoms with E-state index in [0.717, 1.165) is 12.8 Å². The average molecular weight is 160 g/mol. The third-order valence-electron chi connectivity index (χ3n) is 1.76. The molecule has 0 bridgehead atoms. The molecule has 0 aliphatic heterocycles. The number of allylic oxidation sites excluding steroid dienone is 8. The molecule has 0 aromatic rings. The van der Waals surface area contributed by atoms with Crippen molar-refractivity contribution in [1.82, 2.24) is 0 Å². The van der Waals surface area contributed by atoms with Crippen molar-refractivity contribution in [3.63, 3.8) is 0 Å². The molecule has 0 heterocycles. The van der Waals surface area contributed by atoms with Gasteiger partial charge in [0.15, 0.2) is 0 Å². The lowest BCUT2D eigenvalue weighted by Crippen LogP contribution is -1.67. The van der Waals surface area contributed by atoms with Crippen LogP contribution in [0.5, 0.6) is 0 Å². The summed E-state index contributed by atoms with van der Waals surface area (Å²) in [7, 11) is 0. The molecule has 0 aromatic heterocycles. The van der Waals surface area contributed by atoms with E-state index in [1.54, 1.807) is 0 Å². The lowest BCUT2D eigenvalue weighted by Gasteiger charge is -1.88. The topological polar surface area (TPSA) is 0 Å². The van der Waals surface area contributed by atoms with E-state index in [9.17, 15) is 0 Å². The summed E-state index contributed by atoms with van der Waals surface area (Å²) in [6.45, 7) is 0. The van der Waals surface area contributed by atoms with Crippen molar-refractivity contribution in [3.05, 3.63) is 48.6 Å². The normalized spacial score (nSPS) is 26.7. The first-order chi connectivity index (χ1) is 6.00. The maximum Gasteiger partial charge on any atom is -0.0166 e. The summed E-state index contributed by atoms with van der Waals surface area (Å²) in [5.41, 5.74) is 0. The van der Waals surface area contributed by atoms with Gasteiger partial charge in [0.25, 0.3) is 0 Å². The van der Waals surface area contributed by atoms with Crippen LogP contribution < -0.4 is 0 Å². The van der Waals surface area contributed by atoms with Gasteiger partial charge in [-0.1, -0.05) is 48.6 Å². The Morgan fingerprint density at radius 3 is 1.50 bits per heavy atom. The van der Waals surface area contributed by atoms with Gasteiger partial charge in [-0.25, -0.2) is 0 Å². The molecule has 0 N–H and O–H groups in total. The molecule has 0 saturated heterocycles. The van der Waals surface area contributed by atoms with E-state index in [-0.39, 0.29) is 0 Å². The third kappa shape index (κ3) is 4.73. The molecule has 64 valence electrons. The second-order valence-electron chi connectivity index (χ2n) is 2.85. The van der Waals surface area contributed by atoms with E-state index in [2.05, 4.69) is 48.6 Å². The highest BCUT2D eigenvalue weighted by atomic mass is 13.8. The lowest BCUT2D eigenvalue weighted by atomic mass is 10.2. The van der Waals surface area contributed by atoms with Crippen LogP contribution in [0.3, 0.4) is 0 Å². The van der Waals surface area contributed by atoms with Crippen LogP contribution in [0.1, 0.15) is 25.7 Å². The molecular weight excluding hydrogens is 144 g/mol. The van der Waals surface area contributed by atoms with E-state index in [1.807, 2.05) is 0 Å². The average Bonchev–Trinajstić information content (AvgIpc) is 2.05. The maximum absolute atomic E-state index is 2.25. The van der Waals surface area contributed by atoms with Gasteiger partial charge in [0.1, 0.15) is 0 Å². The first-order valence-electron chi connectivity index (χ1n) is 4.62. The summed E-state index contributed by atoms with van der Waals surface area (Å²) >= 11 is 0. The van der Waals surface area contributed by atoms with Gasteiger partial charge in [-0.15, -0.1) is 0 Å². The molecule has 12 heavy (non-hydrogen) atoms. The minimum atomic E-state index is 1.06. The highest BCUT2D eigenvalue weighted by Crippen LogP contribution is 1.98. The van der Waals surface area contributed by atoms with Crippen molar-refractivity contribution in [2.45, 2.75) is 25.7 Å². The van der Waals surface area contributed by atoms with E-state index < -0.39 is 0 Å². The standard InChI is InChI=1S/C12H16/c1-2-4-6-8-10-12-11-9-7-5-3-1/h1-4,7-10H,5-6,11-12H2/b3-1+,4-2?,9-7-,10-8-. The Morgan fingerprint density at radius 2 is 1.00 bits per heavy atom. The maximum atomic E-state index is 2.25. The minimum absolute atomic E-state index is 1.06. The van der Waals surface area contributed by atoms with Gasteiger partial charge >= 0.3 is 0 Å². The van der Waals surface area contributed by atoms with Crippen molar-refractivity contribution < 1.29 is 0 Å². The van der Waals surface area contributed by atoms with E-state index in [4.69, 9.17) is 0 Å². The fraction of sp³-hybridized carbons (Fsp3) is 0.333. The molecule has 1 aliphatic carbocycles. The van der Waals surface area contributed by atoms with Crippen LogP contribution in [0.2, 0.25) is 0 Å². The highest BCUT2D eigenvalue weighted by molar-refractivity contribution is 5.07. The Bertz CT molecular complexity index is 180. The monoisotopic (exact) mass is 160 g/mol. The summed E-state index contributed by atoms with van der Waals surface area (Å²) in [5, 5.41) is 0. The van der Waals surface area contributed by atoms with Gasteiger partial charge in [0.05, 0.1) is 0 Å². The van der Waals surface area contributed by atoms with Gasteiger partial charge in [0.2, 0.25) is 0 Å². The quantitative estimate of drug-likeness (QED) is 0.473. The van der Waals surface area contributed by atoms with Crippen molar-refractivity contribution in [2.75, 3.05) is 0 Å². The third-order valence-corrected chi connectivity index (χ3v) is 1.76. The van der Waals surface area contributed by atoms with E-state index in [1.165, 1.54) is 12.8 Å². The molecule has 0 radical (unpaired) electrons. The van der Waals surface area contributed by atoms with Gasteiger partial charge in [-0.3, -0.25) is 0 Å². The molecule has 0 unspecified atom stereocenters. The molecule has 0 spiro atoms. The van der Waals surface area contributed by atoms with Gasteiger partial charge in [0, 0.05) is 0 Å². The minimum Gasteiger partial charge on any atom is -0.0879 e. The predicted octanol–water partition coefficient (Wildman–Crippen LogP) is 3.79. The van der Waals surface area contributed by atoms with Crippen LogP contribution in [0, 0.1) is 0 Å². The molecular formula is C12H16. The van der Waals surface area contributed by atoms with Crippen LogP contribution in [0.4, 0.5) is 0 Å². The lowest BCUT2D eigenvalue weighted by molar-refractivity contribution is 1.04. The molecule has 0 nitrogen and oxygen atoms in total. The number of rotatable bonds is 0. The van der Waals surface area contributed by atoms with Crippen LogP contribution in [0.15, 0.2) is 48.6 Å². The Hall–Kier alpha value is -1.04. The molecule has 0 amide bonds. The zero-order valence-electron chi connectivity index (χ0n) is 7.45. The second kappa shape index (κ2) is 6.66. The molecule has 0 atom stereocenters. The number of hydrogen-bond donors (Lipinski definition) is 0. The first kappa shape index (κ1) is 9.05. The fourth-order valence-electron chi connectivity index (χ4n) is 1.09. The van der Waals surface area contributed by atoms with Crippen LogP contribution in [-0.4, -0.2) is 0 Å². The van der Waals surface area contributed by atoms with E-state index in [0.29, 0.717) is 0 Å². The molecule has 1 aliphatic rings. The van der Waals surface area contributed by atoms with Gasteiger partial charge in [-0.2, -0.15) is 0 Å². The predicted molar refractivity (Wildman–Crippen MR) is 55.0 cm³/mol. The van der Waals surface area contributed by atoms with Crippen molar-refractivity contribution in [3.8, 4) is 0 Å². The van der Waals surface area contributed by atoms with Crippen LogP contribution >= 0.6 is 0 Å². The molecule has 0 saturated carbocycles. The zero-order chi connectivity index (χ0) is 8.49. The fourth-order valence-corrected chi connectivity index (χ4v) is 1.09. The molecule has 1 rings (SSSR count). The summed E-state index contributed by atoms with van der Waals surface area (Å²) in [4.78, 5) is 0. The van der Waals surface area contributed by atoms with Crippen LogP contribution in [-0.2, 0) is 0 Å². The SMILES string of the molecule is C1=CC/C=C\CC/C=C\C/C=C/1. The molecule has 0 aromatic carbocycles. The number of hydrogen-bond acceptors (Lipinski definition) is 0. The second-order valence-corrected chi connectivity index (χ2v) is 2.85. The van der Waals surface area contributed by atoms with Crippen molar-refractivity contribution in [1.29, 1.82) is 0 Å². The smallest absolute Gasteiger partial charge is 0.0166 e. The Kier molecular flexibility index (Phi) is 5.02. The van der Waals surface area contributed by atoms with Crippen LogP contribution in [0.25, 0.3) is 0 Å². The largest absolute Gasteiger partial charge is 0.0879 e. The Morgan fingerprint density at radius 1 is 0.500 bits per heavy atom. The molecule has 0 heteroatoms. The Balaban J connectivity index is 2.41. The Labute approximate surface area is 75.0 Å². The van der Waals surface area contributed by atoms with Crippen molar-refractivity contribution >= 4 is 0 Å². The van der Waals surface area contributed by atoms with E-state index >= 15 is 0 Å². The summed E-state index contributed by atoms with van der Waals surface area (Å²) in [6, 6.07) is 0. The summed E-state index contributed by atoms with van der Waals surface area (Å²) in [6.07, 6.45) is 22.0. The van der Waals surface area contributed by atoms with Gasteiger partial charge < -0.3 is 0 Å².